The number of benzene rings is 3. The number of aromatic nitrogens is 1. The van der Waals surface area contributed by atoms with Crippen LogP contribution in [-0.4, -0.2) is 25.3 Å². The third-order valence-electron chi connectivity index (χ3n) is 6.52. The molecule has 0 amide bonds. The molecule has 0 unspecified atom stereocenters. The standard InChI is InChI=1S/C30H30N2O4S2/c1-4-31-26-17-21(2)11-14-28(26)37-30(31)19-22(3)18-29-32(15-8-16-38(33,34)35)25-20-24(12-13-27(25)36-29)23-9-6-5-7-10-23/h5-7,9-14,17-20H,4,8,15-16H2,1-3H3. The molecule has 8 heteroatoms. The van der Waals surface area contributed by atoms with Crippen molar-refractivity contribution in [3.8, 4) is 16.9 Å². The second-order valence-corrected chi connectivity index (χ2v) is 12.0. The molecule has 0 saturated carbocycles. The van der Waals surface area contributed by atoms with E-state index in [-0.39, 0.29) is 6.42 Å². The number of thiazole rings is 1. The predicted octanol–water partition coefficient (Wildman–Crippen LogP) is 6.26. The zero-order chi connectivity index (χ0) is 26.9. The van der Waals surface area contributed by atoms with Crippen molar-refractivity contribution in [1.82, 2.24) is 0 Å². The van der Waals surface area contributed by atoms with E-state index in [4.69, 9.17) is 4.74 Å². The maximum absolute atomic E-state index is 11.3. The largest absolute Gasteiger partial charge is 0.748 e. The molecule has 1 aliphatic heterocycles. The van der Waals surface area contributed by atoms with Crippen molar-refractivity contribution in [3.63, 3.8) is 0 Å². The van der Waals surface area contributed by atoms with Gasteiger partial charge in [-0.2, -0.15) is 4.57 Å². The van der Waals surface area contributed by atoms with Crippen LogP contribution in [0.4, 0.5) is 5.69 Å². The first kappa shape index (κ1) is 26.2. The van der Waals surface area contributed by atoms with Gasteiger partial charge in [0.15, 0.2) is 5.75 Å². The highest BCUT2D eigenvalue weighted by molar-refractivity contribution is 7.85. The lowest BCUT2D eigenvalue weighted by atomic mass is 10.0. The summed E-state index contributed by atoms with van der Waals surface area (Å²) in [4.78, 5) is 1.96. The maximum atomic E-state index is 11.3. The number of hydrogen-bond acceptors (Lipinski definition) is 6. The number of ether oxygens (including phenoxy) is 1. The summed E-state index contributed by atoms with van der Waals surface area (Å²) in [6.45, 7) is 7.49. The van der Waals surface area contributed by atoms with Gasteiger partial charge >= 0.3 is 0 Å². The van der Waals surface area contributed by atoms with Gasteiger partial charge in [-0.15, -0.1) is 0 Å². The van der Waals surface area contributed by atoms with Crippen LogP contribution in [0.25, 0.3) is 27.4 Å². The number of anilines is 1. The van der Waals surface area contributed by atoms with Gasteiger partial charge in [-0.3, -0.25) is 0 Å². The average molecular weight is 547 g/mol. The average Bonchev–Trinajstić information content (AvgIpc) is 3.39. The third kappa shape index (κ3) is 5.67. The van der Waals surface area contributed by atoms with Crippen LogP contribution in [0.1, 0.15) is 30.8 Å². The SMILES string of the molecule is CC[n+]1c(/C=C(C)/C=C2\Oc3ccc(-c4ccccc4)cc3N2CCCS(=O)(=O)[O-])sc2ccc(C)cc21. The summed E-state index contributed by atoms with van der Waals surface area (Å²) >= 11 is 1.75. The first-order chi connectivity index (χ1) is 18.2. The lowest BCUT2D eigenvalue weighted by Gasteiger charge is -2.19. The van der Waals surface area contributed by atoms with E-state index in [9.17, 15) is 13.0 Å². The molecule has 1 aliphatic rings. The number of allylic oxidation sites excluding steroid dienone is 2. The van der Waals surface area contributed by atoms with Gasteiger partial charge in [-0.1, -0.05) is 53.8 Å². The van der Waals surface area contributed by atoms with E-state index in [1.165, 1.54) is 15.8 Å². The molecule has 38 heavy (non-hydrogen) atoms. The fraction of sp³-hybridized carbons (Fsp3) is 0.233. The summed E-state index contributed by atoms with van der Waals surface area (Å²) in [6, 6.07) is 22.6. The number of rotatable bonds is 8. The van der Waals surface area contributed by atoms with Crippen LogP contribution >= 0.6 is 11.3 Å². The van der Waals surface area contributed by atoms with Crippen LogP contribution in [0.5, 0.6) is 5.75 Å². The number of aryl methyl sites for hydroxylation is 2. The van der Waals surface area contributed by atoms with Gasteiger partial charge in [-0.25, -0.2) is 8.42 Å². The quantitative estimate of drug-likeness (QED) is 0.193. The molecule has 0 aliphatic carbocycles. The molecule has 2 heterocycles. The lowest BCUT2D eigenvalue weighted by Crippen LogP contribution is -2.33. The molecular weight excluding hydrogens is 516 g/mol. The second-order valence-electron chi connectivity index (χ2n) is 9.44. The summed E-state index contributed by atoms with van der Waals surface area (Å²) < 4.78 is 43.6. The Hall–Kier alpha value is -3.46. The number of hydrogen-bond donors (Lipinski definition) is 0. The molecule has 0 N–H and O–H groups in total. The normalized spacial score (nSPS) is 14.8. The Morgan fingerprint density at radius 2 is 1.87 bits per heavy atom. The van der Waals surface area contributed by atoms with Crippen molar-refractivity contribution in [1.29, 1.82) is 0 Å². The van der Waals surface area contributed by atoms with Crippen LogP contribution in [-0.2, 0) is 16.7 Å². The van der Waals surface area contributed by atoms with Crippen LogP contribution in [0, 0.1) is 6.92 Å². The fourth-order valence-electron chi connectivity index (χ4n) is 4.72. The van der Waals surface area contributed by atoms with Gasteiger partial charge in [0.1, 0.15) is 11.2 Å². The molecule has 0 radical (unpaired) electrons. The van der Waals surface area contributed by atoms with Crippen molar-refractivity contribution < 1.29 is 22.3 Å². The molecule has 0 fully saturated rings. The van der Waals surface area contributed by atoms with E-state index in [1.807, 2.05) is 60.4 Å². The summed E-state index contributed by atoms with van der Waals surface area (Å²) in [5.74, 6) is 0.897. The fourth-order valence-corrected chi connectivity index (χ4v) is 6.42. The summed E-state index contributed by atoms with van der Waals surface area (Å²) in [6.07, 6.45) is 4.33. The van der Waals surface area contributed by atoms with Gasteiger partial charge in [-0.05, 0) is 67.7 Å². The summed E-state index contributed by atoms with van der Waals surface area (Å²) in [7, 11) is -4.30. The van der Waals surface area contributed by atoms with Crippen molar-refractivity contribution in [2.45, 2.75) is 33.7 Å². The Morgan fingerprint density at radius 1 is 1.08 bits per heavy atom. The highest BCUT2D eigenvalue weighted by Gasteiger charge is 2.27. The highest BCUT2D eigenvalue weighted by Crippen LogP contribution is 2.42. The Morgan fingerprint density at radius 3 is 2.61 bits per heavy atom. The first-order valence-electron chi connectivity index (χ1n) is 12.6. The third-order valence-corrected chi connectivity index (χ3v) is 8.42. The Kier molecular flexibility index (Phi) is 7.38. The monoisotopic (exact) mass is 546 g/mol. The highest BCUT2D eigenvalue weighted by atomic mass is 32.2. The van der Waals surface area contributed by atoms with Crippen LogP contribution in [0.2, 0.25) is 0 Å². The molecule has 4 aromatic rings. The second kappa shape index (κ2) is 10.7. The predicted molar refractivity (Wildman–Crippen MR) is 153 cm³/mol. The first-order valence-corrected chi connectivity index (χ1v) is 15.0. The molecule has 0 bridgehead atoms. The smallest absolute Gasteiger partial charge is 0.262 e. The molecule has 3 aromatic carbocycles. The maximum Gasteiger partial charge on any atom is 0.262 e. The Balaban J connectivity index is 1.50. The topological polar surface area (TPSA) is 73.5 Å². The minimum atomic E-state index is -4.30. The van der Waals surface area contributed by atoms with Crippen LogP contribution in [0.15, 0.2) is 84.3 Å². The molecule has 6 nitrogen and oxygen atoms in total. The van der Waals surface area contributed by atoms with E-state index in [0.29, 0.717) is 18.2 Å². The Bertz CT molecular complexity index is 1650. The zero-order valence-corrected chi connectivity index (χ0v) is 23.3. The van der Waals surface area contributed by atoms with E-state index < -0.39 is 15.9 Å². The molecule has 196 valence electrons. The Labute approximate surface area is 227 Å². The molecule has 0 atom stereocenters. The van der Waals surface area contributed by atoms with Gasteiger partial charge < -0.3 is 14.2 Å². The molecule has 5 rings (SSSR count). The lowest BCUT2D eigenvalue weighted by molar-refractivity contribution is -0.665. The van der Waals surface area contributed by atoms with Gasteiger partial charge in [0.25, 0.3) is 5.01 Å². The molecular formula is C30H30N2O4S2. The minimum absolute atomic E-state index is 0.204. The van der Waals surface area contributed by atoms with Crippen molar-refractivity contribution in [3.05, 3.63) is 94.8 Å². The minimum Gasteiger partial charge on any atom is -0.748 e. The van der Waals surface area contributed by atoms with E-state index in [2.05, 4.69) is 48.8 Å². The van der Waals surface area contributed by atoms with Crippen molar-refractivity contribution in [2.24, 2.45) is 0 Å². The van der Waals surface area contributed by atoms with Crippen LogP contribution < -0.4 is 14.2 Å². The van der Waals surface area contributed by atoms with E-state index in [0.717, 1.165) is 33.9 Å². The number of fused-ring (bicyclic) bond motifs is 2. The van der Waals surface area contributed by atoms with Crippen LogP contribution in [0.3, 0.4) is 0 Å². The number of nitrogens with zero attached hydrogens (tertiary/aromatic N) is 2. The zero-order valence-electron chi connectivity index (χ0n) is 21.7. The molecule has 1 aromatic heterocycles. The summed E-state index contributed by atoms with van der Waals surface area (Å²) in [5.41, 5.74) is 6.43. The molecule has 0 spiro atoms. The van der Waals surface area contributed by atoms with E-state index >= 15 is 0 Å². The molecule has 0 saturated heterocycles. The van der Waals surface area contributed by atoms with E-state index in [1.54, 1.807) is 11.3 Å². The van der Waals surface area contributed by atoms with Crippen molar-refractivity contribution in [2.75, 3.05) is 17.2 Å². The van der Waals surface area contributed by atoms with Gasteiger partial charge in [0.2, 0.25) is 11.4 Å². The van der Waals surface area contributed by atoms with Gasteiger partial charge in [0, 0.05) is 30.5 Å². The van der Waals surface area contributed by atoms with Crippen molar-refractivity contribution >= 4 is 43.4 Å². The summed E-state index contributed by atoms with van der Waals surface area (Å²) in [5, 5.41) is 1.15. The van der Waals surface area contributed by atoms with Gasteiger partial charge in [0.05, 0.1) is 15.8 Å².